The second-order valence-corrected chi connectivity index (χ2v) is 13.7. The van der Waals surface area contributed by atoms with Crippen molar-refractivity contribution in [2.45, 2.75) is 136 Å². The van der Waals surface area contributed by atoms with Crippen LogP contribution in [0.5, 0.6) is 0 Å². The lowest BCUT2D eigenvalue weighted by atomic mass is 9.44. The maximum absolute atomic E-state index is 12.2. The van der Waals surface area contributed by atoms with Gasteiger partial charge in [0.25, 0.3) is 0 Å². The molecule has 0 aromatic heterocycles. The zero-order chi connectivity index (χ0) is 23.5. The van der Waals surface area contributed by atoms with Crippen LogP contribution in [0.25, 0.3) is 0 Å². The molecule has 3 nitrogen and oxygen atoms in total. The van der Waals surface area contributed by atoms with Gasteiger partial charge in [-0.3, -0.25) is 0 Å². The molecule has 0 unspecified atom stereocenters. The predicted octanol–water partition coefficient (Wildman–Crippen LogP) is 6.33. The van der Waals surface area contributed by atoms with E-state index in [1.54, 1.807) is 0 Å². The summed E-state index contributed by atoms with van der Waals surface area (Å²) in [6, 6.07) is 0. The van der Waals surface area contributed by atoms with Crippen LogP contribution in [0.2, 0.25) is 0 Å². The molecule has 0 saturated heterocycles. The first-order valence-electron chi connectivity index (χ1n) is 14.0. The van der Waals surface area contributed by atoms with Crippen LogP contribution in [-0.2, 0) is 0 Å². The molecule has 0 radical (unpaired) electrons. The number of aliphatic hydroxyl groups excluding tert-OH is 1. The van der Waals surface area contributed by atoms with Crippen LogP contribution in [0.3, 0.4) is 0 Å². The Morgan fingerprint density at radius 1 is 0.938 bits per heavy atom. The molecule has 0 aliphatic heterocycles. The molecule has 4 fully saturated rings. The summed E-state index contributed by atoms with van der Waals surface area (Å²) >= 11 is 0. The van der Waals surface area contributed by atoms with Gasteiger partial charge in [0.2, 0.25) is 0 Å². The van der Waals surface area contributed by atoms with Gasteiger partial charge in [-0.2, -0.15) is 0 Å². The van der Waals surface area contributed by atoms with E-state index in [0.717, 1.165) is 56.8 Å². The minimum atomic E-state index is -0.640. The van der Waals surface area contributed by atoms with Crippen LogP contribution in [0, 0.1) is 46.3 Å². The van der Waals surface area contributed by atoms with E-state index in [9.17, 15) is 15.3 Å². The van der Waals surface area contributed by atoms with Crippen LogP contribution in [0.15, 0.2) is 0 Å². The maximum Gasteiger partial charge on any atom is 0.0729 e. The molecule has 32 heavy (non-hydrogen) atoms. The van der Waals surface area contributed by atoms with Gasteiger partial charge in [-0.25, -0.2) is 0 Å². The Labute approximate surface area is 197 Å². The largest absolute Gasteiger partial charge is 0.393 e. The molecule has 0 spiro atoms. The first-order valence-corrected chi connectivity index (χ1v) is 14.0. The van der Waals surface area contributed by atoms with Crippen molar-refractivity contribution in [1.82, 2.24) is 0 Å². The highest BCUT2D eigenvalue weighted by atomic mass is 16.3. The quantitative estimate of drug-likeness (QED) is 0.445. The third-order valence-electron chi connectivity index (χ3n) is 12.1. The summed E-state index contributed by atoms with van der Waals surface area (Å²) in [5.41, 5.74) is -0.780. The third-order valence-corrected chi connectivity index (χ3v) is 12.1. The van der Waals surface area contributed by atoms with Gasteiger partial charge in [0, 0.05) is 0 Å². The first kappa shape index (κ1) is 25.0. The van der Waals surface area contributed by atoms with Crippen molar-refractivity contribution < 1.29 is 15.3 Å². The van der Waals surface area contributed by atoms with Gasteiger partial charge in [-0.05, 0) is 131 Å². The van der Waals surface area contributed by atoms with Crippen LogP contribution in [0.4, 0.5) is 0 Å². The van der Waals surface area contributed by atoms with Gasteiger partial charge in [-0.15, -0.1) is 0 Å². The van der Waals surface area contributed by atoms with Crippen LogP contribution >= 0.6 is 0 Å². The van der Waals surface area contributed by atoms with Gasteiger partial charge in [0.15, 0.2) is 0 Å². The number of hydrogen-bond acceptors (Lipinski definition) is 3. The number of fused-ring (bicyclic) bond motifs is 5. The summed E-state index contributed by atoms with van der Waals surface area (Å²) < 4.78 is 0. The Hall–Kier alpha value is -0.120. The van der Waals surface area contributed by atoms with E-state index in [2.05, 4.69) is 27.7 Å². The van der Waals surface area contributed by atoms with E-state index in [1.807, 2.05) is 13.8 Å². The summed E-state index contributed by atoms with van der Waals surface area (Å²) in [4.78, 5) is 0. The minimum absolute atomic E-state index is 0.0292. The topological polar surface area (TPSA) is 60.7 Å². The van der Waals surface area contributed by atoms with Gasteiger partial charge in [-0.1, -0.05) is 34.1 Å². The Morgan fingerprint density at radius 3 is 2.28 bits per heavy atom. The first-order chi connectivity index (χ1) is 14.9. The molecule has 10 atom stereocenters. The zero-order valence-corrected chi connectivity index (χ0v) is 21.9. The summed E-state index contributed by atoms with van der Waals surface area (Å²) in [5.74, 6) is 3.46. The van der Waals surface area contributed by atoms with Gasteiger partial charge in [0.05, 0.1) is 17.3 Å². The molecular weight excluding hydrogens is 396 g/mol. The fourth-order valence-electron chi connectivity index (χ4n) is 9.84. The molecule has 4 saturated carbocycles. The fraction of sp³-hybridized carbons (Fsp3) is 1.00. The van der Waals surface area contributed by atoms with Crippen LogP contribution < -0.4 is 0 Å². The molecule has 0 amide bonds. The van der Waals surface area contributed by atoms with Crippen LogP contribution in [0.1, 0.15) is 119 Å². The van der Waals surface area contributed by atoms with Gasteiger partial charge < -0.3 is 15.3 Å². The highest BCUT2D eigenvalue weighted by Gasteiger charge is 2.65. The monoisotopic (exact) mass is 448 g/mol. The van der Waals surface area contributed by atoms with Crippen molar-refractivity contribution in [3.63, 3.8) is 0 Å². The molecule has 0 heterocycles. The Bertz CT molecular complexity index is 670. The average molecular weight is 449 g/mol. The molecule has 4 aliphatic carbocycles. The molecule has 4 aliphatic rings. The highest BCUT2D eigenvalue weighted by molar-refractivity contribution is 5.15. The molecule has 0 aromatic carbocycles. The number of aliphatic hydroxyl groups is 3. The lowest BCUT2D eigenvalue weighted by Gasteiger charge is -2.62. The summed E-state index contributed by atoms with van der Waals surface area (Å²) in [6.45, 7) is 13.3. The zero-order valence-electron chi connectivity index (χ0n) is 21.9. The minimum Gasteiger partial charge on any atom is -0.393 e. The maximum atomic E-state index is 12.2. The summed E-state index contributed by atoms with van der Waals surface area (Å²) in [6.07, 6.45) is 13.3. The van der Waals surface area contributed by atoms with E-state index >= 15 is 0 Å². The molecular formula is C29H52O3. The van der Waals surface area contributed by atoms with Gasteiger partial charge >= 0.3 is 0 Å². The Morgan fingerprint density at radius 2 is 1.62 bits per heavy atom. The molecule has 3 N–H and O–H groups in total. The number of rotatable bonds is 6. The lowest BCUT2D eigenvalue weighted by Crippen LogP contribution is -2.58. The standard InChI is InChI=1S/C29H52O3/c1-7-20(26(3,4)31)9-8-19(2)29(32)17-14-25-23-11-10-21-18-22(30)12-15-27(21,5)24(23)13-16-28(25,29)6/h19-25,30-32H,7-18H2,1-6H3/t19-,20-,21+,22+,23-,24+,25+,27+,28+,29+/m1/s1. The average Bonchev–Trinajstić information content (AvgIpc) is 3.00. The predicted molar refractivity (Wildman–Crippen MR) is 131 cm³/mol. The van der Waals surface area contributed by atoms with Crippen molar-refractivity contribution in [1.29, 1.82) is 0 Å². The van der Waals surface area contributed by atoms with Crippen molar-refractivity contribution >= 4 is 0 Å². The summed E-state index contributed by atoms with van der Waals surface area (Å²) in [7, 11) is 0. The second kappa shape index (κ2) is 8.52. The van der Waals surface area contributed by atoms with Crippen LogP contribution in [-0.4, -0.2) is 32.6 Å². The lowest BCUT2D eigenvalue weighted by molar-refractivity contribution is -0.174. The second-order valence-electron chi connectivity index (χ2n) is 13.7. The van der Waals surface area contributed by atoms with Crippen molar-refractivity contribution in [2.75, 3.05) is 0 Å². The van der Waals surface area contributed by atoms with Crippen molar-refractivity contribution in [3.8, 4) is 0 Å². The van der Waals surface area contributed by atoms with E-state index in [1.165, 1.54) is 32.1 Å². The molecule has 186 valence electrons. The van der Waals surface area contributed by atoms with E-state index < -0.39 is 11.2 Å². The summed E-state index contributed by atoms with van der Waals surface area (Å²) in [5, 5.41) is 33.1. The highest BCUT2D eigenvalue weighted by Crippen LogP contribution is 2.69. The molecule has 3 heteroatoms. The Kier molecular flexibility index (Phi) is 6.65. The fourth-order valence-corrected chi connectivity index (χ4v) is 9.84. The van der Waals surface area contributed by atoms with Crippen molar-refractivity contribution in [2.24, 2.45) is 46.3 Å². The smallest absolute Gasteiger partial charge is 0.0729 e. The van der Waals surface area contributed by atoms with E-state index in [4.69, 9.17) is 0 Å². The van der Waals surface area contributed by atoms with Gasteiger partial charge in [0.1, 0.15) is 0 Å². The normalized spacial score (nSPS) is 48.5. The van der Waals surface area contributed by atoms with E-state index in [-0.39, 0.29) is 17.4 Å². The van der Waals surface area contributed by atoms with E-state index in [0.29, 0.717) is 23.2 Å². The third kappa shape index (κ3) is 3.81. The number of hydrogen-bond donors (Lipinski definition) is 3. The SMILES string of the molecule is CC[C@H](CC[C@@H](C)[C@@]1(O)CC[C@H]2[C@@H]3CC[C@H]4C[C@@H](O)CC[C@]4(C)[C@H]3CC[C@@]21C)C(C)(C)O. The Balaban J connectivity index is 1.50. The molecule has 0 aromatic rings. The molecule has 4 rings (SSSR count). The molecule has 0 bridgehead atoms. The van der Waals surface area contributed by atoms with Crippen molar-refractivity contribution in [3.05, 3.63) is 0 Å².